The molecule has 0 spiro atoms. The van der Waals surface area contributed by atoms with Crippen LogP contribution in [0.1, 0.15) is 56.9 Å². The fraction of sp³-hybridized carbons (Fsp3) is 0.667. The number of nitrogens with one attached hydrogen (secondary N) is 1. The third-order valence-electron chi connectivity index (χ3n) is 4.77. The molecular weight excluding hydrogens is 262 g/mol. The van der Waals surface area contributed by atoms with E-state index in [1.165, 1.54) is 50.6 Å². The van der Waals surface area contributed by atoms with Crippen LogP contribution in [0.3, 0.4) is 0 Å². The number of thioether (sulfide) groups is 1. The first-order chi connectivity index (χ1) is 9.76. The summed E-state index contributed by atoms with van der Waals surface area (Å²) in [6.07, 6.45) is 10.6. The van der Waals surface area contributed by atoms with E-state index < -0.39 is 0 Å². The third kappa shape index (κ3) is 4.53. The minimum Gasteiger partial charge on any atom is -0.315 e. The molecule has 0 aromatic heterocycles. The van der Waals surface area contributed by atoms with Crippen LogP contribution in [0, 0.1) is 0 Å². The Bertz CT molecular complexity index is 370. The van der Waals surface area contributed by atoms with Gasteiger partial charge in [0, 0.05) is 11.3 Å². The Kier molecular flexibility index (Phi) is 6.44. The average Bonchev–Trinajstić information content (AvgIpc) is 2.53. The number of hydrogen-bond donors (Lipinski definition) is 1. The van der Waals surface area contributed by atoms with Crippen LogP contribution in [0.4, 0.5) is 0 Å². The van der Waals surface area contributed by atoms with E-state index in [0.717, 1.165) is 6.54 Å². The lowest BCUT2D eigenvalue weighted by atomic mass is 9.88. The lowest BCUT2D eigenvalue weighted by molar-refractivity contribution is 0.377. The zero-order chi connectivity index (χ0) is 14.3. The van der Waals surface area contributed by atoms with Gasteiger partial charge in [-0.05, 0) is 43.5 Å². The lowest BCUT2D eigenvalue weighted by Crippen LogP contribution is -2.39. The highest BCUT2D eigenvalue weighted by Gasteiger charge is 2.30. The zero-order valence-corrected chi connectivity index (χ0v) is 13.8. The fourth-order valence-corrected chi connectivity index (χ4v) is 4.18. The first kappa shape index (κ1) is 15.9. The Balaban J connectivity index is 1.70. The molecule has 1 aromatic carbocycles. The normalized spacial score (nSPS) is 19.7. The molecule has 1 saturated carbocycles. The number of hydrogen-bond acceptors (Lipinski definition) is 2. The summed E-state index contributed by atoms with van der Waals surface area (Å²) in [6, 6.07) is 10.9. The van der Waals surface area contributed by atoms with E-state index in [1.54, 1.807) is 0 Å². The molecule has 1 aromatic rings. The molecule has 112 valence electrons. The van der Waals surface area contributed by atoms with Crippen molar-refractivity contribution in [3.63, 3.8) is 0 Å². The summed E-state index contributed by atoms with van der Waals surface area (Å²) in [7, 11) is 0. The summed E-state index contributed by atoms with van der Waals surface area (Å²) in [5.41, 5.74) is 1.46. The minimum absolute atomic E-state index is 0.522. The highest BCUT2D eigenvalue weighted by molar-refractivity contribution is 8.00. The highest BCUT2D eigenvalue weighted by atomic mass is 32.2. The molecule has 0 aliphatic heterocycles. The first-order valence-electron chi connectivity index (χ1n) is 8.07. The van der Waals surface area contributed by atoms with Crippen LogP contribution in [-0.4, -0.2) is 24.1 Å². The topological polar surface area (TPSA) is 12.0 Å². The number of rotatable bonds is 7. The van der Waals surface area contributed by atoms with Gasteiger partial charge in [0.2, 0.25) is 0 Å². The second-order valence-corrected chi connectivity index (χ2v) is 7.50. The largest absolute Gasteiger partial charge is 0.315 e. The second-order valence-electron chi connectivity index (χ2n) is 6.22. The van der Waals surface area contributed by atoms with Crippen molar-refractivity contribution in [1.29, 1.82) is 0 Å². The third-order valence-corrected chi connectivity index (χ3v) is 6.19. The maximum absolute atomic E-state index is 3.73. The standard InChI is InChI=1S/C18H29NS/c1-16(17-9-5-3-6-10-17)11-14-19-15-18(20-2)12-7-4-8-13-18/h3,5-6,9-10,16,19H,4,7-8,11-15H2,1-2H3. The van der Waals surface area contributed by atoms with Gasteiger partial charge in [-0.25, -0.2) is 0 Å². The second kappa shape index (κ2) is 8.09. The van der Waals surface area contributed by atoms with E-state index in [1.807, 2.05) is 0 Å². The molecule has 1 fully saturated rings. The van der Waals surface area contributed by atoms with E-state index in [4.69, 9.17) is 0 Å². The fourth-order valence-electron chi connectivity index (χ4n) is 3.23. The first-order valence-corrected chi connectivity index (χ1v) is 9.29. The van der Waals surface area contributed by atoms with Gasteiger partial charge < -0.3 is 5.32 Å². The van der Waals surface area contributed by atoms with Crippen molar-refractivity contribution < 1.29 is 0 Å². The molecule has 0 amide bonds. The Morgan fingerprint density at radius 1 is 1.15 bits per heavy atom. The summed E-state index contributed by atoms with van der Waals surface area (Å²) in [6.45, 7) is 4.66. The molecule has 1 atom stereocenters. The monoisotopic (exact) mass is 291 g/mol. The van der Waals surface area contributed by atoms with E-state index in [2.05, 4.69) is 60.6 Å². The average molecular weight is 292 g/mol. The summed E-state index contributed by atoms with van der Waals surface area (Å²) in [5.74, 6) is 0.653. The van der Waals surface area contributed by atoms with Gasteiger partial charge in [0.1, 0.15) is 0 Å². The van der Waals surface area contributed by atoms with Crippen molar-refractivity contribution in [3.05, 3.63) is 35.9 Å². The van der Waals surface area contributed by atoms with Gasteiger partial charge >= 0.3 is 0 Å². The van der Waals surface area contributed by atoms with Gasteiger partial charge in [-0.15, -0.1) is 0 Å². The summed E-state index contributed by atoms with van der Waals surface area (Å²) < 4.78 is 0.522. The molecule has 0 bridgehead atoms. The molecule has 1 aliphatic carbocycles. The van der Waals surface area contributed by atoms with Gasteiger partial charge in [0.05, 0.1) is 0 Å². The predicted octanol–water partition coefficient (Wildman–Crippen LogP) is 4.84. The van der Waals surface area contributed by atoms with Gasteiger partial charge in [-0.1, -0.05) is 56.5 Å². The Hall–Kier alpha value is -0.470. The molecule has 1 N–H and O–H groups in total. The molecule has 1 nitrogen and oxygen atoms in total. The highest BCUT2D eigenvalue weighted by Crippen LogP contribution is 2.37. The molecule has 20 heavy (non-hydrogen) atoms. The SMILES string of the molecule is CSC1(CNCCC(C)c2ccccc2)CCCCC1. The van der Waals surface area contributed by atoms with Crippen LogP contribution >= 0.6 is 11.8 Å². The van der Waals surface area contributed by atoms with Gasteiger partial charge in [-0.3, -0.25) is 0 Å². The van der Waals surface area contributed by atoms with Crippen molar-refractivity contribution in [1.82, 2.24) is 5.32 Å². The van der Waals surface area contributed by atoms with Gasteiger partial charge in [-0.2, -0.15) is 11.8 Å². The van der Waals surface area contributed by atoms with Crippen LogP contribution in [0.25, 0.3) is 0 Å². The smallest absolute Gasteiger partial charge is 0.0281 e. The molecule has 0 radical (unpaired) electrons. The Morgan fingerprint density at radius 3 is 2.50 bits per heavy atom. The zero-order valence-electron chi connectivity index (χ0n) is 13.0. The van der Waals surface area contributed by atoms with E-state index in [9.17, 15) is 0 Å². The predicted molar refractivity (Wildman–Crippen MR) is 91.7 cm³/mol. The van der Waals surface area contributed by atoms with Crippen molar-refractivity contribution >= 4 is 11.8 Å². The van der Waals surface area contributed by atoms with E-state index in [-0.39, 0.29) is 0 Å². The van der Waals surface area contributed by atoms with Crippen LogP contribution in [0.2, 0.25) is 0 Å². The molecule has 2 rings (SSSR count). The van der Waals surface area contributed by atoms with E-state index >= 15 is 0 Å². The van der Waals surface area contributed by atoms with Crippen molar-refractivity contribution in [2.45, 2.75) is 56.1 Å². The van der Waals surface area contributed by atoms with Crippen molar-refractivity contribution in [3.8, 4) is 0 Å². The lowest BCUT2D eigenvalue weighted by Gasteiger charge is -2.36. The van der Waals surface area contributed by atoms with Crippen LogP contribution in [0.5, 0.6) is 0 Å². The molecule has 1 aliphatic rings. The van der Waals surface area contributed by atoms with Crippen molar-refractivity contribution in [2.75, 3.05) is 19.3 Å². The molecular formula is C18H29NS. The Morgan fingerprint density at radius 2 is 1.85 bits per heavy atom. The van der Waals surface area contributed by atoms with Gasteiger partial charge in [0.15, 0.2) is 0 Å². The van der Waals surface area contributed by atoms with Crippen LogP contribution in [0.15, 0.2) is 30.3 Å². The molecule has 0 heterocycles. The summed E-state index contributed by atoms with van der Waals surface area (Å²) >= 11 is 2.09. The quantitative estimate of drug-likeness (QED) is 0.722. The maximum Gasteiger partial charge on any atom is 0.0281 e. The maximum atomic E-state index is 3.73. The molecule has 2 heteroatoms. The Labute approximate surface area is 128 Å². The molecule has 1 unspecified atom stereocenters. The summed E-state index contributed by atoms with van der Waals surface area (Å²) in [5, 5.41) is 3.73. The van der Waals surface area contributed by atoms with E-state index in [0.29, 0.717) is 10.7 Å². The minimum atomic E-state index is 0.522. The van der Waals surface area contributed by atoms with Crippen molar-refractivity contribution in [2.24, 2.45) is 0 Å². The number of benzene rings is 1. The molecule has 0 saturated heterocycles. The van der Waals surface area contributed by atoms with Crippen LogP contribution < -0.4 is 5.32 Å². The van der Waals surface area contributed by atoms with Gasteiger partial charge in [0.25, 0.3) is 0 Å². The van der Waals surface area contributed by atoms with Crippen LogP contribution in [-0.2, 0) is 0 Å². The summed E-state index contributed by atoms with van der Waals surface area (Å²) in [4.78, 5) is 0.